The second-order valence-corrected chi connectivity index (χ2v) is 12.1. The molecule has 6 heteroatoms. The number of hydrogen-bond donors (Lipinski definition) is 1. The molecule has 0 bridgehead atoms. The lowest BCUT2D eigenvalue weighted by Crippen LogP contribution is -2.43. The van der Waals surface area contributed by atoms with Gasteiger partial charge in [0.25, 0.3) is 0 Å². The number of aromatic nitrogens is 2. The quantitative estimate of drug-likeness (QED) is 0.289. The van der Waals surface area contributed by atoms with Crippen LogP contribution in [0.1, 0.15) is 57.6 Å². The van der Waals surface area contributed by atoms with Crippen molar-refractivity contribution in [2.45, 2.75) is 58.9 Å². The summed E-state index contributed by atoms with van der Waals surface area (Å²) in [4.78, 5) is 20.0. The van der Waals surface area contributed by atoms with Gasteiger partial charge in [0.15, 0.2) is 0 Å². The van der Waals surface area contributed by atoms with E-state index in [1.54, 1.807) is 0 Å². The predicted octanol–water partition coefficient (Wildman–Crippen LogP) is 6.39. The molecule has 1 saturated heterocycles. The topological polar surface area (TPSA) is 71.3 Å². The van der Waals surface area contributed by atoms with Crippen LogP contribution in [0.2, 0.25) is 0 Å². The third-order valence-electron chi connectivity index (χ3n) is 7.79. The van der Waals surface area contributed by atoms with Crippen molar-refractivity contribution in [3.05, 3.63) is 83.7 Å². The number of rotatable bonds is 8. The lowest BCUT2D eigenvalue weighted by molar-refractivity contribution is -0.127. The number of carbonyl (C=O) groups is 1. The van der Waals surface area contributed by atoms with E-state index in [1.807, 2.05) is 0 Å². The highest BCUT2D eigenvalue weighted by Gasteiger charge is 2.27. The van der Waals surface area contributed by atoms with E-state index in [0.29, 0.717) is 37.3 Å². The van der Waals surface area contributed by atoms with E-state index in [1.165, 1.54) is 21.9 Å². The van der Waals surface area contributed by atoms with Crippen LogP contribution >= 0.6 is 0 Å². The summed E-state index contributed by atoms with van der Waals surface area (Å²) < 4.78 is 5.58. The maximum Gasteiger partial charge on any atom is 0.241 e. The number of hydrogen-bond acceptors (Lipinski definition) is 5. The molecular weight excluding hydrogens is 484 g/mol. The third kappa shape index (κ3) is 6.74. The van der Waals surface area contributed by atoms with Gasteiger partial charge in [-0.25, -0.2) is 0 Å². The fraction of sp³-hybridized carbons (Fsp3) is 0.424. The summed E-state index contributed by atoms with van der Waals surface area (Å²) in [5.41, 5.74) is 3.66. The number of amides is 1. The normalized spacial score (nSPS) is 17.3. The fourth-order valence-corrected chi connectivity index (χ4v) is 5.50. The Hall–Kier alpha value is -3.51. The van der Waals surface area contributed by atoms with Crippen LogP contribution in [0.15, 0.2) is 71.3 Å². The van der Waals surface area contributed by atoms with E-state index in [9.17, 15) is 4.79 Å². The summed E-state index contributed by atoms with van der Waals surface area (Å²) in [6, 6.07) is 23.3. The van der Waals surface area contributed by atoms with Crippen molar-refractivity contribution in [2.75, 3.05) is 19.6 Å². The molecule has 1 N–H and O–H groups in total. The van der Waals surface area contributed by atoms with Crippen LogP contribution in [-0.2, 0) is 23.2 Å². The Kier molecular flexibility index (Phi) is 8.12. The van der Waals surface area contributed by atoms with Gasteiger partial charge in [-0.1, -0.05) is 99.6 Å². The Morgan fingerprint density at radius 2 is 1.85 bits per heavy atom. The molecule has 1 amide bonds. The van der Waals surface area contributed by atoms with Gasteiger partial charge < -0.3 is 9.84 Å². The molecule has 1 aromatic heterocycles. The minimum absolute atomic E-state index is 0.0177. The monoisotopic (exact) mass is 524 g/mol. The first-order valence-corrected chi connectivity index (χ1v) is 14.2. The van der Waals surface area contributed by atoms with Crippen molar-refractivity contribution in [3.8, 4) is 11.4 Å². The first kappa shape index (κ1) is 27.1. The van der Waals surface area contributed by atoms with Gasteiger partial charge in [-0.15, -0.1) is 0 Å². The van der Waals surface area contributed by atoms with Crippen LogP contribution in [0.3, 0.4) is 0 Å². The zero-order valence-electron chi connectivity index (χ0n) is 23.6. The molecule has 0 saturated carbocycles. The summed E-state index contributed by atoms with van der Waals surface area (Å²) in [6.45, 7) is 11.7. The van der Waals surface area contributed by atoms with Crippen molar-refractivity contribution in [1.82, 2.24) is 20.4 Å². The second-order valence-electron chi connectivity index (χ2n) is 12.1. The lowest BCUT2D eigenvalue weighted by Gasteiger charge is -2.31. The zero-order chi connectivity index (χ0) is 27.4. The van der Waals surface area contributed by atoms with Gasteiger partial charge in [-0.05, 0) is 59.0 Å². The Morgan fingerprint density at radius 3 is 2.64 bits per heavy atom. The van der Waals surface area contributed by atoms with Gasteiger partial charge in [0.05, 0.1) is 12.5 Å². The first-order valence-electron chi connectivity index (χ1n) is 14.2. The van der Waals surface area contributed by atoms with Crippen molar-refractivity contribution < 1.29 is 9.32 Å². The molecule has 2 heterocycles. The van der Waals surface area contributed by atoms with E-state index in [-0.39, 0.29) is 17.2 Å². The van der Waals surface area contributed by atoms with Crippen LogP contribution in [0, 0.1) is 11.8 Å². The molecule has 0 spiro atoms. The minimum atomic E-state index is -0.0177. The number of piperidine rings is 1. The molecule has 0 aliphatic carbocycles. The molecule has 1 aliphatic rings. The largest absolute Gasteiger partial charge is 0.356 e. The summed E-state index contributed by atoms with van der Waals surface area (Å²) in [7, 11) is 0. The summed E-state index contributed by atoms with van der Waals surface area (Å²) in [6.07, 6.45) is 2.84. The van der Waals surface area contributed by atoms with Gasteiger partial charge in [0.2, 0.25) is 17.6 Å². The zero-order valence-corrected chi connectivity index (χ0v) is 23.6. The Bertz CT molecular complexity index is 1400. The molecule has 0 radical (unpaired) electrons. The van der Waals surface area contributed by atoms with E-state index >= 15 is 0 Å². The van der Waals surface area contributed by atoms with Crippen LogP contribution in [0.5, 0.6) is 0 Å². The molecule has 4 aromatic rings. The van der Waals surface area contributed by atoms with Crippen LogP contribution < -0.4 is 5.32 Å². The molecule has 5 rings (SSSR count). The molecule has 6 nitrogen and oxygen atoms in total. The first-order chi connectivity index (χ1) is 18.8. The maximum absolute atomic E-state index is 13.1. The van der Waals surface area contributed by atoms with Gasteiger partial charge in [0.1, 0.15) is 0 Å². The van der Waals surface area contributed by atoms with Gasteiger partial charge in [0, 0.05) is 18.7 Å². The number of nitrogens with one attached hydrogen (secondary N) is 1. The van der Waals surface area contributed by atoms with Gasteiger partial charge >= 0.3 is 0 Å². The van der Waals surface area contributed by atoms with E-state index in [2.05, 4.69) is 115 Å². The van der Waals surface area contributed by atoms with Crippen LogP contribution in [0.4, 0.5) is 0 Å². The summed E-state index contributed by atoms with van der Waals surface area (Å²) >= 11 is 0. The van der Waals surface area contributed by atoms with Gasteiger partial charge in [-0.3, -0.25) is 9.69 Å². The molecule has 204 valence electrons. The van der Waals surface area contributed by atoms with Crippen LogP contribution in [-0.4, -0.2) is 40.6 Å². The second kappa shape index (κ2) is 11.7. The number of likely N-dealkylation sites (tertiary alicyclic amines) is 1. The average molecular weight is 525 g/mol. The fourth-order valence-electron chi connectivity index (χ4n) is 5.50. The van der Waals surface area contributed by atoms with E-state index < -0.39 is 0 Å². The lowest BCUT2D eigenvalue weighted by atomic mass is 9.87. The highest BCUT2D eigenvalue weighted by Crippen LogP contribution is 2.26. The van der Waals surface area contributed by atoms with Crippen molar-refractivity contribution in [3.63, 3.8) is 0 Å². The molecule has 1 aliphatic heterocycles. The van der Waals surface area contributed by atoms with E-state index in [4.69, 9.17) is 4.52 Å². The standard InChI is InChI=1S/C33H40N4O2/c1-23(19-26-11-7-10-24-9-5-6-13-29(24)26)20-34-32(38)27-12-8-18-37(21-27)22-30-35-31(36-39-30)25-14-16-28(17-15-25)33(2,3)4/h5-7,9-11,13-17,23,27H,8,12,18-22H2,1-4H3,(H,34,38). The number of carbonyl (C=O) groups excluding carboxylic acids is 1. The third-order valence-corrected chi connectivity index (χ3v) is 7.79. The van der Waals surface area contributed by atoms with Crippen molar-refractivity contribution >= 4 is 16.7 Å². The highest BCUT2D eigenvalue weighted by atomic mass is 16.5. The Morgan fingerprint density at radius 1 is 1.08 bits per heavy atom. The molecule has 1 fully saturated rings. The summed E-state index contributed by atoms with van der Waals surface area (Å²) in [5, 5.41) is 10.00. The Labute approximate surface area is 231 Å². The minimum Gasteiger partial charge on any atom is -0.356 e. The summed E-state index contributed by atoms with van der Waals surface area (Å²) in [5.74, 6) is 1.69. The highest BCUT2D eigenvalue weighted by molar-refractivity contribution is 5.85. The number of benzene rings is 3. The maximum atomic E-state index is 13.1. The van der Waals surface area contributed by atoms with E-state index in [0.717, 1.165) is 31.4 Å². The average Bonchev–Trinajstić information content (AvgIpc) is 3.40. The smallest absolute Gasteiger partial charge is 0.241 e. The molecule has 39 heavy (non-hydrogen) atoms. The molecule has 2 atom stereocenters. The number of fused-ring (bicyclic) bond motifs is 1. The molecular formula is C33H40N4O2. The van der Waals surface area contributed by atoms with Crippen molar-refractivity contribution in [2.24, 2.45) is 11.8 Å². The Balaban J connectivity index is 1.12. The van der Waals surface area contributed by atoms with Crippen LogP contribution in [0.25, 0.3) is 22.2 Å². The van der Waals surface area contributed by atoms with Gasteiger partial charge in [-0.2, -0.15) is 4.98 Å². The molecule has 2 unspecified atom stereocenters. The molecule has 3 aromatic carbocycles. The SMILES string of the molecule is CC(CNC(=O)C1CCCN(Cc2nc(-c3ccc(C(C)(C)C)cc3)no2)C1)Cc1cccc2ccccc12. The predicted molar refractivity (Wildman–Crippen MR) is 156 cm³/mol. The van der Waals surface area contributed by atoms with Crippen molar-refractivity contribution in [1.29, 1.82) is 0 Å². The number of nitrogens with zero attached hydrogens (tertiary/aromatic N) is 3.